The van der Waals surface area contributed by atoms with Gasteiger partial charge in [0.2, 0.25) is 0 Å². The molecule has 148 valence electrons. The molecule has 3 heterocycles. The lowest BCUT2D eigenvalue weighted by atomic mass is 9.94. The number of carbonyl (C=O) groups is 1. The van der Waals surface area contributed by atoms with Crippen molar-refractivity contribution in [2.24, 2.45) is 0 Å². The number of urea groups is 1. The summed E-state index contributed by atoms with van der Waals surface area (Å²) in [6, 6.07) is 5.51. The fourth-order valence-electron chi connectivity index (χ4n) is 4.37. The number of H-pyrrole nitrogens is 1. The first-order valence-corrected chi connectivity index (χ1v) is 10.1. The molecule has 1 spiro atoms. The minimum atomic E-state index is -0.500. The Hall–Kier alpha value is -2.77. The minimum absolute atomic E-state index is 0.110. The van der Waals surface area contributed by atoms with E-state index in [1.165, 1.54) is 6.42 Å². The molecular weight excluding hydrogens is 358 g/mol. The van der Waals surface area contributed by atoms with Crippen molar-refractivity contribution in [3.05, 3.63) is 29.8 Å². The Balaban J connectivity index is 1.23. The van der Waals surface area contributed by atoms with E-state index in [4.69, 9.17) is 9.47 Å². The summed E-state index contributed by atoms with van der Waals surface area (Å²) >= 11 is 0. The van der Waals surface area contributed by atoms with Crippen LogP contribution in [-0.2, 0) is 0 Å². The molecule has 1 saturated carbocycles. The molecule has 3 aliphatic rings. The van der Waals surface area contributed by atoms with Crippen LogP contribution < -0.4 is 14.8 Å². The van der Waals surface area contributed by atoms with Gasteiger partial charge < -0.3 is 19.7 Å². The zero-order valence-electron chi connectivity index (χ0n) is 16.0. The summed E-state index contributed by atoms with van der Waals surface area (Å²) < 4.78 is 12.3. The Labute approximate surface area is 163 Å². The van der Waals surface area contributed by atoms with Gasteiger partial charge in [-0.2, -0.15) is 5.10 Å². The molecule has 5 rings (SSSR count). The van der Waals surface area contributed by atoms with Crippen LogP contribution in [0.5, 0.6) is 11.5 Å². The van der Waals surface area contributed by atoms with Crippen LogP contribution in [0.3, 0.4) is 0 Å². The number of benzene rings is 1. The number of hydrogen-bond donors (Lipinski definition) is 2. The van der Waals surface area contributed by atoms with Crippen LogP contribution in [0, 0.1) is 6.92 Å². The molecule has 1 atom stereocenters. The van der Waals surface area contributed by atoms with E-state index in [-0.39, 0.29) is 11.9 Å². The lowest BCUT2D eigenvalue weighted by Crippen LogP contribution is -2.40. The van der Waals surface area contributed by atoms with Crippen molar-refractivity contribution in [1.82, 2.24) is 20.1 Å². The molecular formula is C20H25N5O3. The maximum absolute atomic E-state index is 12.7. The number of likely N-dealkylation sites (tertiary alicyclic amines) is 1. The third-order valence-corrected chi connectivity index (χ3v) is 5.86. The second-order valence-corrected chi connectivity index (χ2v) is 7.98. The van der Waals surface area contributed by atoms with E-state index in [1.54, 1.807) is 0 Å². The van der Waals surface area contributed by atoms with Crippen LogP contribution >= 0.6 is 0 Å². The number of rotatable bonds is 2. The Morgan fingerprint density at radius 2 is 2.07 bits per heavy atom. The van der Waals surface area contributed by atoms with Gasteiger partial charge in [0.05, 0.1) is 0 Å². The van der Waals surface area contributed by atoms with Gasteiger partial charge in [0.15, 0.2) is 17.3 Å². The fraction of sp³-hybridized carbons (Fsp3) is 0.550. The average Bonchev–Trinajstić information content (AvgIpc) is 3.40. The monoisotopic (exact) mass is 383 g/mol. The number of aromatic nitrogens is 3. The van der Waals surface area contributed by atoms with E-state index in [0.29, 0.717) is 13.1 Å². The predicted octanol–water partition coefficient (Wildman–Crippen LogP) is 3.57. The number of hydrogen-bond acceptors (Lipinski definition) is 5. The van der Waals surface area contributed by atoms with Crippen molar-refractivity contribution in [2.75, 3.05) is 18.4 Å². The van der Waals surface area contributed by atoms with E-state index in [2.05, 4.69) is 20.5 Å². The van der Waals surface area contributed by atoms with Crippen LogP contribution in [0.1, 0.15) is 56.1 Å². The zero-order chi connectivity index (χ0) is 19.1. The van der Waals surface area contributed by atoms with Crippen LogP contribution in [0.25, 0.3) is 0 Å². The topological polar surface area (TPSA) is 92.4 Å². The van der Waals surface area contributed by atoms with E-state index >= 15 is 0 Å². The lowest BCUT2D eigenvalue weighted by Gasteiger charge is -2.31. The Bertz CT molecular complexity index is 890. The first-order chi connectivity index (χ1) is 13.6. The SMILES string of the molecule is Cc1nc(C2CCN(C(=O)Nc3ccc4c(c3)OC3(CCCCC3)O4)C2)n[nH]1. The number of ether oxygens (including phenoxy) is 2. The molecule has 2 aliphatic heterocycles. The van der Waals surface area contributed by atoms with Crippen LogP contribution in [0.15, 0.2) is 18.2 Å². The second-order valence-electron chi connectivity index (χ2n) is 7.98. The molecule has 2 aromatic rings. The van der Waals surface area contributed by atoms with Gasteiger partial charge in [0.25, 0.3) is 5.79 Å². The van der Waals surface area contributed by atoms with E-state index in [9.17, 15) is 4.79 Å². The lowest BCUT2D eigenvalue weighted by molar-refractivity contribution is -0.105. The number of anilines is 1. The average molecular weight is 383 g/mol. The standard InChI is InChI=1S/C20H25N5O3/c1-13-21-18(24-23-13)14-7-10-25(12-14)19(26)22-15-5-6-16-17(11-15)28-20(27-16)8-3-2-4-9-20/h5-6,11,14H,2-4,7-10,12H2,1H3,(H,22,26)(H,21,23,24). The smallest absolute Gasteiger partial charge is 0.321 e. The molecule has 1 aliphatic carbocycles. The highest BCUT2D eigenvalue weighted by Gasteiger charge is 2.42. The minimum Gasteiger partial charge on any atom is -0.448 e. The van der Waals surface area contributed by atoms with Crippen molar-refractivity contribution in [1.29, 1.82) is 0 Å². The third kappa shape index (κ3) is 3.16. The largest absolute Gasteiger partial charge is 0.448 e. The first-order valence-electron chi connectivity index (χ1n) is 10.1. The highest BCUT2D eigenvalue weighted by Crippen LogP contribution is 2.46. The zero-order valence-corrected chi connectivity index (χ0v) is 16.0. The van der Waals surface area contributed by atoms with Gasteiger partial charge >= 0.3 is 6.03 Å². The summed E-state index contributed by atoms with van der Waals surface area (Å²) in [5.74, 6) is 2.75. The molecule has 2 amide bonds. The molecule has 1 aromatic heterocycles. The van der Waals surface area contributed by atoms with Gasteiger partial charge in [-0.15, -0.1) is 0 Å². The first kappa shape index (κ1) is 17.3. The molecule has 1 aromatic carbocycles. The van der Waals surface area contributed by atoms with Crippen LogP contribution in [0.2, 0.25) is 0 Å². The Kier molecular flexibility index (Phi) is 4.14. The van der Waals surface area contributed by atoms with Crippen LogP contribution in [0.4, 0.5) is 10.5 Å². The van der Waals surface area contributed by atoms with Gasteiger partial charge in [-0.25, -0.2) is 9.78 Å². The van der Waals surface area contributed by atoms with E-state index in [0.717, 1.165) is 60.9 Å². The van der Waals surface area contributed by atoms with Crippen molar-refractivity contribution >= 4 is 11.7 Å². The molecule has 0 bridgehead atoms. The number of aryl methyl sites for hydroxylation is 1. The Morgan fingerprint density at radius 1 is 1.25 bits per heavy atom. The molecule has 8 heteroatoms. The van der Waals surface area contributed by atoms with Crippen LogP contribution in [-0.4, -0.2) is 45.0 Å². The molecule has 2 N–H and O–H groups in total. The highest BCUT2D eigenvalue weighted by molar-refractivity contribution is 5.90. The third-order valence-electron chi connectivity index (χ3n) is 5.86. The molecule has 28 heavy (non-hydrogen) atoms. The molecule has 8 nitrogen and oxygen atoms in total. The second kappa shape index (κ2) is 6.68. The summed E-state index contributed by atoms with van der Waals surface area (Å²) in [6.45, 7) is 3.20. The summed E-state index contributed by atoms with van der Waals surface area (Å²) in [4.78, 5) is 18.9. The Morgan fingerprint density at radius 3 is 2.86 bits per heavy atom. The van der Waals surface area contributed by atoms with Crippen molar-refractivity contribution in [3.8, 4) is 11.5 Å². The van der Waals surface area contributed by atoms with E-state index < -0.39 is 5.79 Å². The normalized spacial score (nSPS) is 22.6. The molecule has 1 saturated heterocycles. The molecule has 1 unspecified atom stereocenters. The number of aromatic amines is 1. The van der Waals surface area contributed by atoms with Crippen molar-refractivity contribution in [2.45, 2.75) is 57.2 Å². The number of nitrogens with one attached hydrogen (secondary N) is 2. The quantitative estimate of drug-likeness (QED) is 0.827. The summed E-state index contributed by atoms with van der Waals surface area (Å²) in [6.07, 6.45) is 6.18. The maximum atomic E-state index is 12.7. The highest BCUT2D eigenvalue weighted by atomic mass is 16.7. The maximum Gasteiger partial charge on any atom is 0.321 e. The van der Waals surface area contributed by atoms with E-state index in [1.807, 2.05) is 30.0 Å². The predicted molar refractivity (Wildman–Crippen MR) is 103 cm³/mol. The van der Waals surface area contributed by atoms with Gasteiger partial charge in [-0.05, 0) is 38.3 Å². The van der Waals surface area contributed by atoms with Crippen molar-refractivity contribution < 1.29 is 14.3 Å². The summed E-state index contributed by atoms with van der Waals surface area (Å²) in [5, 5.41) is 10.1. The number of fused-ring (bicyclic) bond motifs is 1. The fourth-order valence-corrected chi connectivity index (χ4v) is 4.37. The van der Waals surface area contributed by atoms with Gasteiger partial charge in [0.1, 0.15) is 5.82 Å². The molecule has 2 fully saturated rings. The summed E-state index contributed by atoms with van der Waals surface area (Å²) in [5.41, 5.74) is 0.720. The van der Waals surface area contributed by atoms with Gasteiger partial charge in [-0.1, -0.05) is 6.42 Å². The molecule has 0 radical (unpaired) electrons. The number of carbonyl (C=O) groups excluding carboxylic acids is 1. The number of nitrogens with zero attached hydrogens (tertiary/aromatic N) is 3. The number of amides is 2. The summed E-state index contributed by atoms with van der Waals surface area (Å²) in [7, 11) is 0. The van der Waals surface area contributed by atoms with Gasteiger partial charge in [0, 0.05) is 43.6 Å². The van der Waals surface area contributed by atoms with Gasteiger partial charge in [-0.3, -0.25) is 5.10 Å². The van der Waals surface area contributed by atoms with Crippen molar-refractivity contribution in [3.63, 3.8) is 0 Å².